The van der Waals surface area contributed by atoms with Gasteiger partial charge < -0.3 is 10.1 Å². The number of rotatable bonds is 8. The topological polar surface area (TPSA) is 34.1 Å². The maximum absolute atomic E-state index is 5.79. The molecule has 0 aliphatic heterocycles. The van der Waals surface area contributed by atoms with E-state index in [1.165, 1.54) is 0 Å². The van der Waals surface area contributed by atoms with Gasteiger partial charge in [0, 0.05) is 24.9 Å². The van der Waals surface area contributed by atoms with Gasteiger partial charge in [-0.25, -0.2) is 0 Å². The van der Waals surface area contributed by atoms with Gasteiger partial charge in [0.25, 0.3) is 0 Å². The highest BCUT2D eigenvalue weighted by atomic mass is 16.5. The van der Waals surface area contributed by atoms with Crippen molar-refractivity contribution >= 4 is 0 Å². The largest absolute Gasteiger partial charge is 0.377 e. The summed E-state index contributed by atoms with van der Waals surface area (Å²) < 4.78 is 5.79. The highest BCUT2D eigenvalue weighted by Gasteiger charge is 2.05. The second-order valence-corrected chi connectivity index (χ2v) is 3.78. The average Bonchev–Trinajstić information content (AvgIpc) is 2.35. The molecule has 0 aromatic carbocycles. The Hall–Kier alpha value is -0.930. The van der Waals surface area contributed by atoms with E-state index in [0.29, 0.717) is 6.10 Å². The van der Waals surface area contributed by atoms with Crippen LogP contribution in [0.5, 0.6) is 0 Å². The van der Waals surface area contributed by atoms with Crippen LogP contribution in [0.3, 0.4) is 0 Å². The summed E-state index contributed by atoms with van der Waals surface area (Å²) in [5.74, 6) is 0. The van der Waals surface area contributed by atoms with E-state index in [2.05, 4.69) is 24.1 Å². The number of pyridine rings is 1. The lowest BCUT2D eigenvalue weighted by atomic mass is 10.2. The molecule has 0 radical (unpaired) electrons. The zero-order valence-corrected chi connectivity index (χ0v) is 10.3. The Morgan fingerprint density at radius 2 is 2.25 bits per heavy atom. The van der Waals surface area contributed by atoms with Crippen LogP contribution in [0, 0.1) is 0 Å². The fourth-order valence-electron chi connectivity index (χ4n) is 1.50. The van der Waals surface area contributed by atoms with Crippen LogP contribution in [0.15, 0.2) is 24.4 Å². The van der Waals surface area contributed by atoms with Gasteiger partial charge >= 0.3 is 0 Å². The summed E-state index contributed by atoms with van der Waals surface area (Å²) in [5, 5.41) is 3.31. The third-order valence-electron chi connectivity index (χ3n) is 2.52. The van der Waals surface area contributed by atoms with E-state index in [1.54, 1.807) is 0 Å². The Morgan fingerprint density at radius 3 is 2.88 bits per heavy atom. The molecule has 16 heavy (non-hydrogen) atoms. The number of hydrogen-bond donors (Lipinski definition) is 1. The molecule has 90 valence electrons. The Kier molecular flexibility index (Phi) is 6.77. The van der Waals surface area contributed by atoms with Crippen molar-refractivity contribution in [3.05, 3.63) is 30.1 Å². The lowest BCUT2D eigenvalue weighted by Crippen LogP contribution is -2.29. The Labute approximate surface area is 98.2 Å². The van der Waals surface area contributed by atoms with Gasteiger partial charge in [0.1, 0.15) is 0 Å². The molecule has 3 nitrogen and oxygen atoms in total. The number of nitrogens with zero attached hydrogens (tertiary/aromatic N) is 1. The molecule has 1 aromatic rings. The zero-order chi connectivity index (χ0) is 11.6. The van der Waals surface area contributed by atoms with Gasteiger partial charge in [-0.05, 0) is 25.1 Å². The molecule has 0 aliphatic rings. The van der Waals surface area contributed by atoms with Gasteiger partial charge in [-0.2, -0.15) is 0 Å². The lowest BCUT2D eigenvalue weighted by Gasteiger charge is -2.16. The molecule has 0 aliphatic carbocycles. The van der Waals surface area contributed by atoms with Crippen molar-refractivity contribution < 1.29 is 4.74 Å². The number of ether oxygens (including phenoxy) is 1. The molecule has 1 aromatic heterocycles. The van der Waals surface area contributed by atoms with Crippen molar-refractivity contribution in [1.29, 1.82) is 0 Å². The minimum atomic E-state index is 0.323. The molecule has 0 fully saturated rings. The van der Waals surface area contributed by atoms with E-state index >= 15 is 0 Å². The maximum Gasteiger partial charge on any atom is 0.0697 e. The molecule has 0 saturated heterocycles. The van der Waals surface area contributed by atoms with Crippen molar-refractivity contribution in [3.8, 4) is 0 Å². The van der Waals surface area contributed by atoms with Gasteiger partial charge in [0.2, 0.25) is 0 Å². The van der Waals surface area contributed by atoms with E-state index in [4.69, 9.17) is 4.74 Å². The maximum atomic E-state index is 5.79. The van der Waals surface area contributed by atoms with Crippen molar-refractivity contribution in [3.63, 3.8) is 0 Å². The quantitative estimate of drug-likeness (QED) is 0.731. The van der Waals surface area contributed by atoms with Gasteiger partial charge in [-0.1, -0.05) is 19.9 Å². The molecule has 0 bridgehead atoms. The predicted octanol–water partition coefficient (Wildman–Crippen LogP) is 2.03. The summed E-state index contributed by atoms with van der Waals surface area (Å²) >= 11 is 0. The Balaban J connectivity index is 2.18. The number of likely N-dealkylation sites (N-methyl/N-ethyl adjacent to an activating group) is 1. The van der Waals surface area contributed by atoms with E-state index in [-0.39, 0.29) is 0 Å². The van der Waals surface area contributed by atoms with E-state index < -0.39 is 0 Å². The molecule has 3 heteroatoms. The normalized spacial score (nSPS) is 12.6. The molecule has 1 atom stereocenters. The first-order chi connectivity index (χ1) is 7.86. The van der Waals surface area contributed by atoms with Gasteiger partial charge in [-0.3, -0.25) is 4.98 Å². The van der Waals surface area contributed by atoms with Gasteiger partial charge in [0.15, 0.2) is 0 Å². The lowest BCUT2D eigenvalue weighted by molar-refractivity contribution is 0.0529. The summed E-state index contributed by atoms with van der Waals surface area (Å²) in [6.45, 7) is 6.96. The third-order valence-corrected chi connectivity index (χ3v) is 2.52. The molecule has 1 heterocycles. The van der Waals surface area contributed by atoms with E-state index in [1.807, 2.05) is 24.4 Å². The van der Waals surface area contributed by atoms with Gasteiger partial charge in [-0.15, -0.1) is 0 Å². The minimum absolute atomic E-state index is 0.323. The van der Waals surface area contributed by atoms with Crippen molar-refractivity contribution in [2.45, 2.75) is 32.8 Å². The van der Waals surface area contributed by atoms with Crippen LogP contribution in [0.25, 0.3) is 0 Å². The average molecular weight is 222 g/mol. The summed E-state index contributed by atoms with van der Waals surface area (Å²) in [5.41, 5.74) is 1.10. The van der Waals surface area contributed by atoms with Gasteiger partial charge in [0.05, 0.1) is 12.7 Å². The smallest absolute Gasteiger partial charge is 0.0697 e. The van der Waals surface area contributed by atoms with Crippen LogP contribution < -0.4 is 5.32 Å². The number of aromatic nitrogens is 1. The monoisotopic (exact) mass is 222 g/mol. The van der Waals surface area contributed by atoms with Crippen LogP contribution in [-0.2, 0) is 11.2 Å². The molecule has 1 rings (SSSR count). The van der Waals surface area contributed by atoms with Crippen molar-refractivity contribution in [2.24, 2.45) is 0 Å². The molecular formula is C13H22N2O. The summed E-state index contributed by atoms with van der Waals surface area (Å²) in [7, 11) is 0. The van der Waals surface area contributed by atoms with Crippen LogP contribution in [0.1, 0.15) is 26.0 Å². The highest BCUT2D eigenvalue weighted by Crippen LogP contribution is 2.00. The van der Waals surface area contributed by atoms with Crippen LogP contribution in [-0.4, -0.2) is 30.8 Å². The Bertz CT molecular complexity index is 264. The second-order valence-electron chi connectivity index (χ2n) is 3.78. The molecule has 1 N–H and O–H groups in total. The van der Waals surface area contributed by atoms with Crippen molar-refractivity contribution in [2.75, 3.05) is 19.7 Å². The van der Waals surface area contributed by atoms with Crippen LogP contribution >= 0.6 is 0 Å². The summed E-state index contributed by atoms with van der Waals surface area (Å²) in [6.07, 6.45) is 4.09. The standard InChI is InChI=1S/C13H22N2O/c1-3-13(11-14-4-2)16-10-8-12-7-5-6-9-15-12/h5-7,9,13-14H,3-4,8,10-11H2,1-2H3. The van der Waals surface area contributed by atoms with E-state index in [9.17, 15) is 0 Å². The first-order valence-electron chi connectivity index (χ1n) is 6.09. The highest BCUT2D eigenvalue weighted by molar-refractivity contribution is 5.03. The second kappa shape index (κ2) is 8.25. The fourth-order valence-corrected chi connectivity index (χ4v) is 1.50. The van der Waals surface area contributed by atoms with Crippen LogP contribution in [0.4, 0.5) is 0 Å². The molecular weight excluding hydrogens is 200 g/mol. The minimum Gasteiger partial charge on any atom is -0.377 e. The molecule has 0 saturated carbocycles. The zero-order valence-electron chi connectivity index (χ0n) is 10.3. The van der Waals surface area contributed by atoms with Crippen molar-refractivity contribution in [1.82, 2.24) is 10.3 Å². The van der Waals surface area contributed by atoms with E-state index in [0.717, 1.165) is 38.2 Å². The molecule has 0 amide bonds. The first-order valence-corrected chi connectivity index (χ1v) is 6.09. The predicted molar refractivity (Wildman–Crippen MR) is 66.5 cm³/mol. The SMILES string of the molecule is CCNCC(CC)OCCc1ccccn1. The third kappa shape index (κ3) is 5.24. The Morgan fingerprint density at radius 1 is 1.38 bits per heavy atom. The number of hydrogen-bond acceptors (Lipinski definition) is 3. The molecule has 1 unspecified atom stereocenters. The molecule has 0 spiro atoms. The first kappa shape index (κ1) is 13.1. The number of nitrogens with one attached hydrogen (secondary N) is 1. The van der Waals surface area contributed by atoms with Crippen LogP contribution in [0.2, 0.25) is 0 Å². The summed E-state index contributed by atoms with van der Waals surface area (Å²) in [6, 6.07) is 5.98. The fraction of sp³-hybridized carbons (Fsp3) is 0.615. The summed E-state index contributed by atoms with van der Waals surface area (Å²) in [4.78, 5) is 4.27.